The van der Waals surface area contributed by atoms with Gasteiger partial charge in [0.25, 0.3) is 5.91 Å². The molecule has 0 aromatic heterocycles. The average Bonchev–Trinajstić information content (AvgIpc) is 3.28. The van der Waals surface area contributed by atoms with E-state index in [4.69, 9.17) is 16.3 Å². The van der Waals surface area contributed by atoms with E-state index in [1.807, 2.05) is 24.3 Å². The molecule has 3 rings (SSSR count). The van der Waals surface area contributed by atoms with Crippen molar-refractivity contribution in [3.05, 3.63) is 64.2 Å². The zero-order valence-electron chi connectivity index (χ0n) is 18.4. The number of sulfonamides is 1. The number of methoxy groups -OCH3 is 1. The molecule has 1 amide bonds. The van der Waals surface area contributed by atoms with Gasteiger partial charge in [-0.1, -0.05) is 29.8 Å². The van der Waals surface area contributed by atoms with Crippen LogP contribution in [0.1, 0.15) is 40.4 Å². The smallest absolute Gasteiger partial charge is 0.251 e. The maximum absolute atomic E-state index is 13.0. The second kappa shape index (κ2) is 11.2. The van der Waals surface area contributed by atoms with Crippen LogP contribution in [-0.4, -0.2) is 59.1 Å². The molecule has 0 bridgehead atoms. The summed E-state index contributed by atoms with van der Waals surface area (Å²) in [6.45, 7) is 4.55. The molecular formula is C23H30ClN3O4S. The average molecular weight is 480 g/mol. The molecule has 2 aromatic rings. The van der Waals surface area contributed by atoms with Crippen molar-refractivity contribution in [3.63, 3.8) is 0 Å². The number of halogens is 1. The summed E-state index contributed by atoms with van der Waals surface area (Å²) in [4.78, 5) is 15.4. The Bertz CT molecular complexity index is 1040. The quantitative estimate of drug-likeness (QED) is 0.511. The number of rotatable bonds is 10. The number of nitrogens with zero attached hydrogens (tertiary/aromatic N) is 1. The largest absolute Gasteiger partial charge is 0.383 e. The molecule has 1 atom stereocenters. The van der Waals surface area contributed by atoms with Gasteiger partial charge in [-0.25, -0.2) is 13.1 Å². The first-order chi connectivity index (χ1) is 15.3. The number of aryl methyl sites for hydroxylation is 1. The van der Waals surface area contributed by atoms with Gasteiger partial charge in [0.15, 0.2) is 0 Å². The fourth-order valence-electron chi connectivity index (χ4n) is 3.88. The Morgan fingerprint density at radius 3 is 2.62 bits per heavy atom. The van der Waals surface area contributed by atoms with E-state index in [9.17, 15) is 13.2 Å². The molecule has 1 saturated heterocycles. The van der Waals surface area contributed by atoms with E-state index >= 15 is 0 Å². The van der Waals surface area contributed by atoms with E-state index in [1.165, 1.54) is 19.2 Å². The number of ether oxygens (including phenoxy) is 1. The molecule has 2 N–H and O–H groups in total. The molecule has 32 heavy (non-hydrogen) atoms. The Kier molecular flexibility index (Phi) is 8.67. The molecule has 0 saturated carbocycles. The van der Waals surface area contributed by atoms with Crippen molar-refractivity contribution >= 4 is 27.5 Å². The highest BCUT2D eigenvalue weighted by molar-refractivity contribution is 7.89. The maximum Gasteiger partial charge on any atom is 0.251 e. The van der Waals surface area contributed by atoms with Gasteiger partial charge in [0.1, 0.15) is 0 Å². The van der Waals surface area contributed by atoms with Gasteiger partial charge in [-0.05, 0) is 68.2 Å². The lowest BCUT2D eigenvalue weighted by Crippen LogP contribution is -2.37. The number of nitrogens with one attached hydrogen (secondary N) is 2. The molecule has 2 aromatic carbocycles. The highest BCUT2D eigenvalue weighted by atomic mass is 35.5. The molecule has 1 unspecified atom stereocenters. The third-order valence-electron chi connectivity index (χ3n) is 5.63. The van der Waals surface area contributed by atoms with Crippen LogP contribution < -0.4 is 10.0 Å². The molecule has 1 fully saturated rings. The number of carbonyl (C=O) groups excluding carboxylic acids is 1. The Morgan fingerprint density at radius 2 is 1.94 bits per heavy atom. The number of benzene rings is 2. The van der Waals surface area contributed by atoms with Crippen LogP contribution in [0.5, 0.6) is 0 Å². The molecular weight excluding hydrogens is 450 g/mol. The van der Waals surface area contributed by atoms with E-state index in [0.717, 1.165) is 31.5 Å². The third kappa shape index (κ3) is 6.30. The van der Waals surface area contributed by atoms with Crippen LogP contribution in [-0.2, 0) is 14.8 Å². The summed E-state index contributed by atoms with van der Waals surface area (Å²) >= 11 is 6.20. The molecule has 0 aliphatic carbocycles. The Labute approximate surface area is 195 Å². The minimum absolute atomic E-state index is 0.00285. The highest BCUT2D eigenvalue weighted by Gasteiger charge is 2.25. The molecule has 174 valence electrons. The third-order valence-corrected chi connectivity index (χ3v) is 7.33. The Morgan fingerprint density at radius 1 is 1.19 bits per heavy atom. The molecule has 7 nitrogen and oxygen atoms in total. The zero-order chi connectivity index (χ0) is 23.1. The van der Waals surface area contributed by atoms with Crippen LogP contribution in [0.3, 0.4) is 0 Å². The molecule has 0 radical (unpaired) electrons. The maximum atomic E-state index is 13.0. The zero-order valence-corrected chi connectivity index (χ0v) is 20.0. The summed E-state index contributed by atoms with van der Waals surface area (Å²) in [7, 11) is -2.23. The highest BCUT2D eigenvalue weighted by Crippen LogP contribution is 2.26. The molecule has 1 aliphatic rings. The molecule has 0 spiro atoms. The van der Waals surface area contributed by atoms with Crippen LogP contribution in [0.25, 0.3) is 0 Å². The van der Waals surface area contributed by atoms with Crippen LogP contribution in [0, 0.1) is 6.92 Å². The number of hydrogen-bond donors (Lipinski definition) is 2. The first-order valence-corrected chi connectivity index (χ1v) is 12.5. The summed E-state index contributed by atoms with van der Waals surface area (Å²) in [6, 6.07) is 12.3. The second-order valence-corrected chi connectivity index (χ2v) is 10.1. The summed E-state index contributed by atoms with van der Waals surface area (Å²) in [6.07, 6.45) is 2.25. The van der Waals surface area contributed by atoms with Gasteiger partial charge in [-0.3, -0.25) is 9.69 Å². The van der Waals surface area contributed by atoms with Gasteiger partial charge in [0.2, 0.25) is 10.0 Å². The van der Waals surface area contributed by atoms with E-state index in [-0.39, 0.29) is 30.0 Å². The van der Waals surface area contributed by atoms with Crippen molar-refractivity contribution < 1.29 is 17.9 Å². The van der Waals surface area contributed by atoms with Gasteiger partial charge in [-0.15, -0.1) is 0 Å². The lowest BCUT2D eigenvalue weighted by molar-refractivity contribution is 0.0937. The lowest BCUT2D eigenvalue weighted by atomic mass is 10.0. The Balaban J connectivity index is 1.76. The monoisotopic (exact) mass is 479 g/mol. The van der Waals surface area contributed by atoms with Gasteiger partial charge in [-0.2, -0.15) is 0 Å². The summed E-state index contributed by atoms with van der Waals surface area (Å²) in [5.41, 5.74) is 2.10. The second-order valence-electron chi connectivity index (χ2n) is 7.89. The van der Waals surface area contributed by atoms with Crippen LogP contribution in [0.15, 0.2) is 47.4 Å². The predicted octanol–water partition coefficient (Wildman–Crippen LogP) is 3.14. The van der Waals surface area contributed by atoms with Crippen molar-refractivity contribution in [1.82, 2.24) is 14.9 Å². The minimum atomic E-state index is -3.73. The topological polar surface area (TPSA) is 87.7 Å². The summed E-state index contributed by atoms with van der Waals surface area (Å²) in [5, 5.41) is 3.67. The van der Waals surface area contributed by atoms with E-state index in [2.05, 4.69) is 14.9 Å². The van der Waals surface area contributed by atoms with E-state index in [0.29, 0.717) is 22.7 Å². The first-order valence-electron chi connectivity index (χ1n) is 10.7. The van der Waals surface area contributed by atoms with Gasteiger partial charge >= 0.3 is 0 Å². The lowest BCUT2D eigenvalue weighted by Gasteiger charge is -2.28. The van der Waals surface area contributed by atoms with Crippen LogP contribution in [0.4, 0.5) is 0 Å². The van der Waals surface area contributed by atoms with Crippen molar-refractivity contribution in [3.8, 4) is 0 Å². The van der Waals surface area contributed by atoms with Crippen molar-refractivity contribution in [2.45, 2.75) is 30.7 Å². The normalized spacial score (nSPS) is 15.6. The first kappa shape index (κ1) is 24.7. The van der Waals surface area contributed by atoms with Gasteiger partial charge in [0, 0.05) is 30.8 Å². The molecule has 1 heterocycles. The SMILES string of the molecule is COCCNS(=O)(=O)c1ccc(C)c(C(=O)NCC(c2cccc(Cl)c2)N2CCCC2)c1. The number of likely N-dealkylation sites (tertiary alicyclic amines) is 1. The molecule has 9 heteroatoms. The van der Waals surface area contributed by atoms with Crippen molar-refractivity contribution in [2.24, 2.45) is 0 Å². The van der Waals surface area contributed by atoms with Crippen LogP contribution >= 0.6 is 11.6 Å². The predicted molar refractivity (Wildman–Crippen MR) is 126 cm³/mol. The van der Waals surface area contributed by atoms with Crippen molar-refractivity contribution in [1.29, 1.82) is 0 Å². The molecule has 1 aliphatic heterocycles. The number of hydrogen-bond acceptors (Lipinski definition) is 5. The summed E-state index contributed by atoms with van der Waals surface area (Å²) < 4.78 is 32.4. The van der Waals surface area contributed by atoms with Crippen molar-refractivity contribution in [2.75, 3.05) is 39.9 Å². The van der Waals surface area contributed by atoms with Gasteiger partial charge < -0.3 is 10.1 Å². The minimum Gasteiger partial charge on any atom is -0.383 e. The van der Waals surface area contributed by atoms with E-state index < -0.39 is 10.0 Å². The van der Waals surface area contributed by atoms with Crippen LogP contribution in [0.2, 0.25) is 5.02 Å². The fraction of sp³-hybridized carbons (Fsp3) is 0.435. The summed E-state index contributed by atoms with van der Waals surface area (Å²) in [5.74, 6) is -0.303. The fourth-order valence-corrected chi connectivity index (χ4v) is 5.12. The van der Waals surface area contributed by atoms with Gasteiger partial charge in [0.05, 0.1) is 17.5 Å². The Hall–Kier alpha value is -1.97. The van der Waals surface area contributed by atoms with E-state index in [1.54, 1.807) is 13.0 Å². The number of carbonyl (C=O) groups is 1. The number of amides is 1. The standard InChI is InChI=1S/C23H30ClN3O4S/c1-17-8-9-20(32(29,30)26-10-13-31-2)15-21(17)23(28)25-16-22(27-11-3-4-12-27)18-6-5-7-19(24)14-18/h5-9,14-15,22,26H,3-4,10-13,16H2,1-2H3,(H,25,28).